The Labute approximate surface area is 79.1 Å². The zero-order valence-corrected chi connectivity index (χ0v) is 7.77. The molecule has 0 aromatic carbocycles. The van der Waals surface area contributed by atoms with E-state index in [4.69, 9.17) is 0 Å². The molecule has 1 aromatic rings. The molecule has 0 saturated heterocycles. The quantitative estimate of drug-likeness (QED) is 0.636. The van der Waals surface area contributed by atoms with Crippen LogP contribution in [0, 0.1) is 0 Å². The van der Waals surface area contributed by atoms with Crippen LogP contribution in [0.4, 0.5) is 0 Å². The average molecular weight is 171 g/mol. The Morgan fingerprint density at radius 1 is 1.46 bits per heavy atom. The van der Waals surface area contributed by atoms with Gasteiger partial charge in [-0.2, -0.15) is 0 Å². The van der Waals surface area contributed by atoms with Crippen molar-refractivity contribution in [2.24, 2.45) is 0 Å². The van der Waals surface area contributed by atoms with Gasteiger partial charge in [-0.25, -0.2) is 0 Å². The maximum atomic E-state index is 4.25. The van der Waals surface area contributed by atoms with Gasteiger partial charge in [0.15, 0.2) is 0 Å². The van der Waals surface area contributed by atoms with Gasteiger partial charge in [-0.05, 0) is 24.6 Å². The van der Waals surface area contributed by atoms with Crippen molar-refractivity contribution >= 4 is 5.57 Å². The minimum absolute atomic E-state index is 0.973. The molecular formula is C12H13N. The second-order valence-electron chi connectivity index (χ2n) is 2.57. The highest BCUT2D eigenvalue weighted by Crippen LogP contribution is 2.12. The largest absolute Gasteiger partial charge is 0.256 e. The molecule has 0 bridgehead atoms. The van der Waals surface area contributed by atoms with Crippen LogP contribution in [0.2, 0.25) is 0 Å². The van der Waals surface area contributed by atoms with Crippen molar-refractivity contribution in [1.29, 1.82) is 0 Å². The van der Waals surface area contributed by atoms with Crippen LogP contribution in [0.1, 0.15) is 12.6 Å². The molecule has 0 aliphatic carbocycles. The lowest BCUT2D eigenvalue weighted by molar-refractivity contribution is 1.28. The summed E-state index contributed by atoms with van der Waals surface area (Å²) in [6, 6.07) is 5.86. The molecule has 66 valence electrons. The van der Waals surface area contributed by atoms with Gasteiger partial charge in [-0.15, -0.1) is 0 Å². The molecule has 0 unspecified atom stereocenters. The molecule has 0 atom stereocenters. The lowest BCUT2D eigenvalue weighted by atomic mass is 10.1. The van der Waals surface area contributed by atoms with Gasteiger partial charge in [0.25, 0.3) is 0 Å². The number of rotatable bonds is 3. The van der Waals surface area contributed by atoms with Gasteiger partial charge in [0.05, 0.1) is 5.69 Å². The summed E-state index contributed by atoms with van der Waals surface area (Å²) in [6.45, 7) is 5.66. The Morgan fingerprint density at radius 2 is 2.31 bits per heavy atom. The van der Waals surface area contributed by atoms with E-state index in [0.29, 0.717) is 0 Å². The minimum Gasteiger partial charge on any atom is -0.256 e. The Hall–Kier alpha value is -1.63. The number of hydrogen-bond acceptors (Lipinski definition) is 1. The number of pyridine rings is 1. The number of hydrogen-bond donors (Lipinski definition) is 0. The molecule has 0 radical (unpaired) electrons. The van der Waals surface area contributed by atoms with Gasteiger partial charge in [-0.3, -0.25) is 4.98 Å². The van der Waals surface area contributed by atoms with Crippen molar-refractivity contribution in [2.75, 3.05) is 0 Å². The summed E-state index contributed by atoms with van der Waals surface area (Å²) in [5.41, 5.74) is 2.05. The molecule has 0 spiro atoms. The van der Waals surface area contributed by atoms with Gasteiger partial charge < -0.3 is 0 Å². The highest BCUT2D eigenvalue weighted by molar-refractivity contribution is 5.72. The van der Waals surface area contributed by atoms with Crippen LogP contribution < -0.4 is 0 Å². The molecule has 1 heterocycles. The van der Waals surface area contributed by atoms with Crippen molar-refractivity contribution in [3.8, 4) is 0 Å². The number of allylic oxidation sites excluding steroid dienone is 5. The number of nitrogens with zero attached hydrogens (tertiary/aromatic N) is 1. The first kappa shape index (κ1) is 9.46. The topological polar surface area (TPSA) is 12.9 Å². The molecule has 0 saturated carbocycles. The highest BCUT2D eigenvalue weighted by atomic mass is 14.7. The van der Waals surface area contributed by atoms with Crippen LogP contribution in [-0.4, -0.2) is 4.98 Å². The zero-order chi connectivity index (χ0) is 9.52. The van der Waals surface area contributed by atoms with Gasteiger partial charge >= 0.3 is 0 Å². The van der Waals surface area contributed by atoms with Gasteiger partial charge in [0, 0.05) is 6.20 Å². The summed E-state index contributed by atoms with van der Waals surface area (Å²) >= 11 is 0. The fourth-order valence-corrected chi connectivity index (χ4v) is 1.07. The van der Waals surface area contributed by atoms with E-state index in [1.165, 1.54) is 0 Å². The van der Waals surface area contributed by atoms with Crippen molar-refractivity contribution in [1.82, 2.24) is 4.98 Å². The van der Waals surface area contributed by atoms with Crippen LogP contribution in [0.5, 0.6) is 0 Å². The van der Waals surface area contributed by atoms with Crippen LogP contribution in [0.15, 0.2) is 55.3 Å². The predicted octanol–water partition coefficient (Wildman–Crippen LogP) is 3.23. The Kier molecular flexibility index (Phi) is 3.71. The van der Waals surface area contributed by atoms with Crippen molar-refractivity contribution in [3.63, 3.8) is 0 Å². The summed E-state index contributed by atoms with van der Waals surface area (Å²) in [5.74, 6) is 0. The van der Waals surface area contributed by atoms with E-state index < -0.39 is 0 Å². The van der Waals surface area contributed by atoms with E-state index >= 15 is 0 Å². The zero-order valence-electron chi connectivity index (χ0n) is 7.77. The fraction of sp³-hybridized carbons (Fsp3) is 0.0833. The molecule has 13 heavy (non-hydrogen) atoms. The second-order valence-corrected chi connectivity index (χ2v) is 2.57. The third-order valence-corrected chi connectivity index (χ3v) is 1.60. The fourth-order valence-electron chi connectivity index (χ4n) is 1.07. The first-order valence-corrected chi connectivity index (χ1v) is 4.25. The first-order valence-electron chi connectivity index (χ1n) is 4.25. The first-order chi connectivity index (χ1) is 6.38. The van der Waals surface area contributed by atoms with Crippen molar-refractivity contribution < 1.29 is 0 Å². The summed E-state index contributed by atoms with van der Waals surface area (Å²) in [6.07, 6.45) is 9.51. The summed E-state index contributed by atoms with van der Waals surface area (Å²) in [4.78, 5) is 4.25. The maximum absolute atomic E-state index is 4.25. The molecule has 1 aromatic heterocycles. The monoisotopic (exact) mass is 171 g/mol. The standard InChI is InChI=1S/C12H13N/c1-3-7-11(8-4-2)12-9-5-6-10-13-12/h3-10H,1H2,2H3/b8-4-,11-7+. The molecule has 1 nitrogen and oxygen atoms in total. The molecule has 0 aliphatic heterocycles. The summed E-state index contributed by atoms with van der Waals surface area (Å²) < 4.78 is 0. The molecule has 0 aliphatic rings. The van der Waals surface area contributed by atoms with E-state index in [1.54, 1.807) is 12.3 Å². The molecule has 1 heteroatoms. The number of aromatic nitrogens is 1. The summed E-state index contributed by atoms with van der Waals surface area (Å²) in [5, 5.41) is 0. The third kappa shape index (κ3) is 2.71. The Bertz CT molecular complexity index is 320. The maximum Gasteiger partial charge on any atom is 0.0701 e. The molecule has 1 rings (SSSR count). The predicted molar refractivity (Wildman–Crippen MR) is 57.2 cm³/mol. The Morgan fingerprint density at radius 3 is 2.85 bits per heavy atom. The molecule has 0 amide bonds. The summed E-state index contributed by atoms with van der Waals surface area (Å²) in [7, 11) is 0. The lowest BCUT2D eigenvalue weighted by Gasteiger charge is -1.98. The van der Waals surface area contributed by atoms with Gasteiger partial charge in [0.2, 0.25) is 0 Å². The van der Waals surface area contributed by atoms with Crippen LogP contribution in [0.3, 0.4) is 0 Å². The van der Waals surface area contributed by atoms with Crippen LogP contribution in [-0.2, 0) is 0 Å². The highest BCUT2D eigenvalue weighted by Gasteiger charge is 1.94. The second kappa shape index (κ2) is 5.09. The minimum atomic E-state index is 0.973. The third-order valence-electron chi connectivity index (χ3n) is 1.60. The average Bonchev–Trinajstić information content (AvgIpc) is 2.19. The van der Waals surface area contributed by atoms with Crippen molar-refractivity contribution in [3.05, 3.63) is 61.0 Å². The van der Waals surface area contributed by atoms with Crippen LogP contribution >= 0.6 is 0 Å². The molecule has 0 fully saturated rings. The molecular weight excluding hydrogens is 158 g/mol. The SMILES string of the molecule is C=C/C=C(\C=C/C)c1ccccn1. The normalized spacial score (nSPS) is 11.9. The van der Waals surface area contributed by atoms with Crippen molar-refractivity contribution in [2.45, 2.75) is 6.92 Å². The molecule has 0 N–H and O–H groups in total. The van der Waals surface area contributed by atoms with E-state index in [2.05, 4.69) is 11.6 Å². The van der Waals surface area contributed by atoms with Crippen LogP contribution in [0.25, 0.3) is 5.57 Å². The Balaban J connectivity index is 3.03. The van der Waals surface area contributed by atoms with Gasteiger partial charge in [0.1, 0.15) is 0 Å². The van der Waals surface area contributed by atoms with E-state index in [9.17, 15) is 0 Å². The smallest absolute Gasteiger partial charge is 0.0701 e. The van der Waals surface area contributed by atoms with E-state index in [0.717, 1.165) is 11.3 Å². The van der Waals surface area contributed by atoms with Gasteiger partial charge in [-0.1, -0.05) is 36.9 Å². The van der Waals surface area contributed by atoms with E-state index in [-0.39, 0.29) is 0 Å². The van der Waals surface area contributed by atoms with E-state index in [1.807, 2.05) is 43.4 Å². The lowest BCUT2D eigenvalue weighted by Crippen LogP contribution is -1.84.